The first-order valence-electron chi connectivity index (χ1n) is 6.49. The molecule has 100 valence electrons. The Hall–Kier alpha value is -1.39. The van der Waals surface area contributed by atoms with Crippen LogP contribution in [0, 0.1) is 6.92 Å². The molecule has 0 unspecified atom stereocenters. The van der Waals surface area contributed by atoms with Crippen molar-refractivity contribution in [2.45, 2.75) is 37.5 Å². The maximum Gasteiger partial charge on any atom is 0.125 e. The number of aryl methyl sites for hydroxylation is 1. The van der Waals surface area contributed by atoms with Crippen LogP contribution in [0.4, 0.5) is 0 Å². The van der Waals surface area contributed by atoms with Gasteiger partial charge in [0.25, 0.3) is 0 Å². The van der Waals surface area contributed by atoms with E-state index in [0.29, 0.717) is 11.8 Å². The SMILES string of the molecule is Cc1c2c(c(S(=O)(=O)[O-])c3ccccc13)CCCC2. The summed E-state index contributed by atoms with van der Waals surface area (Å²) in [6.45, 7) is 2.02. The standard InChI is InChI=1S/C15H16O3S/c1-10-11-6-2-4-8-13(11)15(19(16,17)18)14-9-5-3-7-12(10)14/h2,4,6,8H,3,5,7,9H2,1H3,(H,16,17,18)/p-1. The molecule has 0 spiro atoms. The number of benzene rings is 2. The van der Waals surface area contributed by atoms with E-state index in [1.165, 1.54) is 0 Å². The Balaban J connectivity index is 2.54. The lowest BCUT2D eigenvalue weighted by atomic mass is 9.85. The van der Waals surface area contributed by atoms with E-state index in [1.54, 1.807) is 12.1 Å². The van der Waals surface area contributed by atoms with Crippen molar-refractivity contribution in [3.8, 4) is 0 Å². The summed E-state index contributed by atoms with van der Waals surface area (Å²) in [6, 6.07) is 7.30. The van der Waals surface area contributed by atoms with E-state index in [4.69, 9.17) is 0 Å². The second-order valence-electron chi connectivity index (χ2n) is 5.12. The molecule has 0 aliphatic heterocycles. The van der Waals surface area contributed by atoms with Gasteiger partial charge in [0.2, 0.25) is 0 Å². The van der Waals surface area contributed by atoms with Crippen LogP contribution in [-0.4, -0.2) is 13.0 Å². The highest BCUT2D eigenvalue weighted by Crippen LogP contribution is 2.37. The fourth-order valence-electron chi connectivity index (χ4n) is 3.19. The number of hydrogen-bond donors (Lipinski definition) is 0. The maximum absolute atomic E-state index is 11.7. The molecule has 2 aromatic rings. The number of rotatable bonds is 1. The molecule has 0 saturated heterocycles. The van der Waals surface area contributed by atoms with Gasteiger partial charge in [0, 0.05) is 0 Å². The fraction of sp³-hybridized carbons (Fsp3) is 0.333. The van der Waals surface area contributed by atoms with Gasteiger partial charge < -0.3 is 4.55 Å². The third-order valence-electron chi connectivity index (χ3n) is 4.02. The molecule has 1 aliphatic carbocycles. The second-order valence-corrected chi connectivity index (χ2v) is 6.43. The zero-order chi connectivity index (χ0) is 13.6. The van der Waals surface area contributed by atoms with Crippen LogP contribution in [-0.2, 0) is 23.0 Å². The topological polar surface area (TPSA) is 57.2 Å². The summed E-state index contributed by atoms with van der Waals surface area (Å²) in [4.78, 5) is 0.0170. The van der Waals surface area contributed by atoms with Crippen molar-refractivity contribution in [3.05, 3.63) is 41.0 Å². The van der Waals surface area contributed by atoms with Crippen molar-refractivity contribution in [2.24, 2.45) is 0 Å². The van der Waals surface area contributed by atoms with Gasteiger partial charge >= 0.3 is 0 Å². The molecule has 19 heavy (non-hydrogen) atoms. The minimum atomic E-state index is -4.44. The van der Waals surface area contributed by atoms with Crippen LogP contribution < -0.4 is 0 Å². The lowest BCUT2D eigenvalue weighted by molar-refractivity contribution is 0.462. The molecule has 3 rings (SSSR count). The average Bonchev–Trinajstić information content (AvgIpc) is 2.38. The van der Waals surface area contributed by atoms with E-state index in [2.05, 4.69) is 0 Å². The van der Waals surface area contributed by atoms with Crippen molar-refractivity contribution in [3.63, 3.8) is 0 Å². The first-order valence-corrected chi connectivity index (χ1v) is 7.90. The van der Waals surface area contributed by atoms with E-state index in [-0.39, 0.29) is 4.90 Å². The summed E-state index contributed by atoms with van der Waals surface area (Å²) < 4.78 is 35.0. The molecule has 0 amide bonds. The van der Waals surface area contributed by atoms with Crippen LogP contribution in [0.25, 0.3) is 10.8 Å². The minimum Gasteiger partial charge on any atom is -0.744 e. The zero-order valence-corrected chi connectivity index (χ0v) is 11.6. The predicted molar refractivity (Wildman–Crippen MR) is 73.3 cm³/mol. The Bertz CT molecular complexity index is 761. The summed E-state index contributed by atoms with van der Waals surface area (Å²) in [5.41, 5.74) is 2.95. The first kappa shape index (κ1) is 12.6. The maximum atomic E-state index is 11.7. The third-order valence-corrected chi connectivity index (χ3v) is 4.99. The Morgan fingerprint density at radius 1 is 1.00 bits per heavy atom. The van der Waals surface area contributed by atoms with Gasteiger partial charge in [0.05, 0.1) is 4.90 Å². The Morgan fingerprint density at radius 3 is 2.21 bits per heavy atom. The van der Waals surface area contributed by atoms with E-state index in [0.717, 1.165) is 41.3 Å². The molecule has 0 fully saturated rings. The summed E-state index contributed by atoms with van der Waals surface area (Å²) >= 11 is 0. The van der Waals surface area contributed by atoms with Gasteiger partial charge in [-0.15, -0.1) is 0 Å². The van der Waals surface area contributed by atoms with Crippen LogP contribution in [0.15, 0.2) is 29.2 Å². The highest BCUT2D eigenvalue weighted by atomic mass is 32.2. The Kier molecular flexibility index (Phi) is 2.87. The Morgan fingerprint density at radius 2 is 1.58 bits per heavy atom. The molecule has 0 radical (unpaired) electrons. The molecule has 1 aliphatic rings. The van der Waals surface area contributed by atoms with Crippen molar-refractivity contribution < 1.29 is 13.0 Å². The average molecular weight is 275 g/mol. The highest BCUT2D eigenvalue weighted by Gasteiger charge is 2.22. The molecule has 4 heteroatoms. The van der Waals surface area contributed by atoms with Crippen molar-refractivity contribution >= 4 is 20.9 Å². The second kappa shape index (κ2) is 4.32. The van der Waals surface area contributed by atoms with Crippen LogP contribution >= 0.6 is 0 Å². The molecule has 2 aromatic carbocycles. The lowest BCUT2D eigenvalue weighted by Gasteiger charge is -2.25. The quantitative estimate of drug-likeness (QED) is 0.752. The summed E-state index contributed by atoms with van der Waals surface area (Å²) in [7, 11) is -4.44. The Labute approximate surface area is 113 Å². The lowest BCUT2D eigenvalue weighted by Crippen LogP contribution is -2.13. The zero-order valence-electron chi connectivity index (χ0n) is 10.8. The van der Waals surface area contributed by atoms with Gasteiger partial charge in [-0.05, 0) is 60.1 Å². The first-order chi connectivity index (χ1) is 9.00. The smallest absolute Gasteiger partial charge is 0.125 e. The molecule has 0 bridgehead atoms. The fourth-order valence-corrected chi connectivity index (χ4v) is 4.16. The van der Waals surface area contributed by atoms with Gasteiger partial charge in [-0.25, -0.2) is 8.42 Å². The molecule has 3 nitrogen and oxygen atoms in total. The summed E-state index contributed by atoms with van der Waals surface area (Å²) in [6.07, 6.45) is 3.57. The van der Waals surface area contributed by atoms with Gasteiger partial charge in [-0.1, -0.05) is 24.3 Å². The molecule has 0 N–H and O–H groups in total. The molecular formula is C15H15O3S-. The van der Waals surface area contributed by atoms with E-state index in [9.17, 15) is 13.0 Å². The molecular weight excluding hydrogens is 260 g/mol. The van der Waals surface area contributed by atoms with Crippen LogP contribution in [0.3, 0.4) is 0 Å². The van der Waals surface area contributed by atoms with Crippen LogP contribution in [0.1, 0.15) is 29.5 Å². The van der Waals surface area contributed by atoms with Crippen molar-refractivity contribution in [1.82, 2.24) is 0 Å². The number of hydrogen-bond acceptors (Lipinski definition) is 3. The van der Waals surface area contributed by atoms with Crippen molar-refractivity contribution in [2.75, 3.05) is 0 Å². The molecule has 0 atom stereocenters. The van der Waals surface area contributed by atoms with Crippen molar-refractivity contribution in [1.29, 1.82) is 0 Å². The van der Waals surface area contributed by atoms with Gasteiger partial charge in [0.15, 0.2) is 0 Å². The van der Waals surface area contributed by atoms with Gasteiger partial charge in [-0.3, -0.25) is 0 Å². The molecule has 0 aromatic heterocycles. The molecule has 0 saturated carbocycles. The number of fused-ring (bicyclic) bond motifs is 2. The monoisotopic (exact) mass is 275 g/mol. The minimum absolute atomic E-state index is 0.0170. The largest absolute Gasteiger partial charge is 0.744 e. The predicted octanol–water partition coefficient (Wildman–Crippen LogP) is 2.93. The van der Waals surface area contributed by atoms with E-state index >= 15 is 0 Å². The summed E-state index contributed by atoms with van der Waals surface area (Å²) in [5, 5.41) is 1.47. The normalized spacial score (nSPS) is 15.5. The summed E-state index contributed by atoms with van der Waals surface area (Å²) in [5.74, 6) is 0. The van der Waals surface area contributed by atoms with E-state index in [1.807, 2.05) is 19.1 Å². The highest BCUT2D eigenvalue weighted by molar-refractivity contribution is 7.86. The van der Waals surface area contributed by atoms with E-state index < -0.39 is 10.1 Å². The van der Waals surface area contributed by atoms with Gasteiger partial charge in [-0.2, -0.15) is 0 Å². The molecule has 0 heterocycles. The van der Waals surface area contributed by atoms with Crippen LogP contribution in [0.2, 0.25) is 0 Å². The van der Waals surface area contributed by atoms with Crippen LogP contribution in [0.5, 0.6) is 0 Å². The van der Waals surface area contributed by atoms with Gasteiger partial charge in [0.1, 0.15) is 10.1 Å². The third kappa shape index (κ3) is 1.95.